The minimum atomic E-state index is 0.279. The molecule has 0 aliphatic heterocycles. The molecule has 1 heterocycles. The topological polar surface area (TPSA) is 12.9 Å². The summed E-state index contributed by atoms with van der Waals surface area (Å²) in [7, 11) is 0. The molecule has 0 bridgehead atoms. The lowest BCUT2D eigenvalue weighted by atomic mass is 9.61. The van der Waals surface area contributed by atoms with E-state index in [2.05, 4.69) is 69.9 Å². The van der Waals surface area contributed by atoms with Crippen LogP contribution in [-0.4, -0.2) is 4.98 Å². The number of benzene rings is 1. The van der Waals surface area contributed by atoms with Gasteiger partial charge in [0.05, 0.1) is 5.69 Å². The molecule has 0 saturated carbocycles. The first kappa shape index (κ1) is 17.0. The van der Waals surface area contributed by atoms with Gasteiger partial charge < -0.3 is 0 Å². The Bertz CT molecular complexity index is 755. The third kappa shape index (κ3) is 3.05. The molecule has 1 unspecified atom stereocenters. The molecule has 1 aliphatic carbocycles. The molecule has 0 N–H and O–H groups in total. The molecule has 1 aliphatic rings. The molecule has 0 saturated heterocycles. The second kappa shape index (κ2) is 6.20. The van der Waals surface area contributed by atoms with Crippen LogP contribution in [0, 0.1) is 0 Å². The Morgan fingerprint density at radius 3 is 2.54 bits per heavy atom. The van der Waals surface area contributed by atoms with E-state index in [1.807, 2.05) is 18.3 Å². The molecule has 1 atom stereocenters. The molecule has 1 nitrogen and oxygen atoms in total. The lowest BCUT2D eigenvalue weighted by Crippen LogP contribution is -2.35. The normalized spacial score (nSPS) is 23.0. The summed E-state index contributed by atoms with van der Waals surface area (Å²) >= 11 is 0. The molecule has 1 aromatic carbocycles. The van der Waals surface area contributed by atoms with E-state index in [9.17, 15) is 0 Å². The Kier molecular flexibility index (Phi) is 4.38. The summed E-state index contributed by atoms with van der Waals surface area (Å²) in [5, 5.41) is 0. The van der Waals surface area contributed by atoms with Gasteiger partial charge in [-0.25, -0.2) is 0 Å². The summed E-state index contributed by atoms with van der Waals surface area (Å²) in [5.74, 6) is 0. The van der Waals surface area contributed by atoms with Crippen LogP contribution in [0.4, 0.5) is 0 Å². The number of rotatable bonds is 3. The Balaban J connectivity index is 2.07. The van der Waals surface area contributed by atoms with Gasteiger partial charge in [-0.2, -0.15) is 0 Å². The van der Waals surface area contributed by atoms with Crippen molar-refractivity contribution < 1.29 is 0 Å². The highest BCUT2D eigenvalue weighted by molar-refractivity contribution is 5.79. The maximum atomic E-state index is 4.42. The molecular weight excluding hydrogens is 290 g/mol. The van der Waals surface area contributed by atoms with Crippen molar-refractivity contribution in [2.45, 2.75) is 64.7 Å². The average molecular weight is 319 g/mol. The number of aromatic nitrogens is 1. The van der Waals surface area contributed by atoms with Crippen LogP contribution in [0.15, 0.2) is 42.6 Å². The third-order valence-electron chi connectivity index (χ3n) is 5.99. The van der Waals surface area contributed by atoms with E-state index in [-0.39, 0.29) is 5.41 Å². The molecule has 2 aromatic rings. The predicted octanol–water partition coefficient (Wildman–Crippen LogP) is 6.38. The fourth-order valence-electron chi connectivity index (χ4n) is 3.87. The standard InChI is InChI=1S/C23H29N/c1-6-23(5)13-12-22(3,4)20-11-10-18(16-21(20)23)17(2)15-19-9-7-8-14-24-19/h7-11,14-16H,6,12-13H2,1-5H3/b17-15+. The van der Waals surface area contributed by atoms with Crippen LogP contribution in [-0.2, 0) is 10.8 Å². The Labute approximate surface area is 146 Å². The highest BCUT2D eigenvalue weighted by Crippen LogP contribution is 2.48. The number of hydrogen-bond acceptors (Lipinski definition) is 1. The molecule has 0 amide bonds. The lowest BCUT2D eigenvalue weighted by Gasteiger charge is -2.43. The van der Waals surface area contributed by atoms with Gasteiger partial charge in [0.2, 0.25) is 0 Å². The summed E-state index contributed by atoms with van der Waals surface area (Å²) in [4.78, 5) is 4.42. The highest BCUT2D eigenvalue weighted by atomic mass is 14.6. The molecule has 126 valence electrons. The first-order valence-corrected chi connectivity index (χ1v) is 9.10. The molecule has 1 aromatic heterocycles. The van der Waals surface area contributed by atoms with Crippen molar-refractivity contribution in [2.24, 2.45) is 0 Å². The van der Waals surface area contributed by atoms with Gasteiger partial charge in [-0.15, -0.1) is 0 Å². The van der Waals surface area contributed by atoms with Crippen LogP contribution in [0.1, 0.15) is 76.3 Å². The van der Waals surface area contributed by atoms with Crippen LogP contribution in [0.3, 0.4) is 0 Å². The summed E-state index contributed by atoms with van der Waals surface area (Å²) in [6.07, 6.45) is 7.77. The maximum absolute atomic E-state index is 4.42. The first-order chi connectivity index (χ1) is 11.4. The van der Waals surface area contributed by atoms with Crippen LogP contribution in [0.25, 0.3) is 11.6 Å². The van der Waals surface area contributed by atoms with Crippen LogP contribution in [0.2, 0.25) is 0 Å². The Morgan fingerprint density at radius 1 is 1.08 bits per heavy atom. The number of pyridine rings is 1. The zero-order valence-corrected chi connectivity index (χ0v) is 15.7. The fourth-order valence-corrected chi connectivity index (χ4v) is 3.87. The molecule has 3 rings (SSSR count). The van der Waals surface area contributed by atoms with Gasteiger partial charge in [0.25, 0.3) is 0 Å². The summed E-state index contributed by atoms with van der Waals surface area (Å²) in [6.45, 7) is 11.7. The van der Waals surface area contributed by atoms with E-state index in [0.717, 1.165) is 5.69 Å². The minimum absolute atomic E-state index is 0.279. The van der Waals surface area contributed by atoms with E-state index in [1.54, 1.807) is 5.56 Å². The van der Waals surface area contributed by atoms with Crippen molar-refractivity contribution in [3.05, 3.63) is 65.0 Å². The van der Waals surface area contributed by atoms with Crippen LogP contribution in [0.5, 0.6) is 0 Å². The van der Waals surface area contributed by atoms with Gasteiger partial charge in [-0.1, -0.05) is 52.0 Å². The Hall–Kier alpha value is -1.89. The second-order valence-corrected chi connectivity index (χ2v) is 8.14. The van der Waals surface area contributed by atoms with Crippen LogP contribution >= 0.6 is 0 Å². The molecule has 24 heavy (non-hydrogen) atoms. The molecule has 0 radical (unpaired) electrons. The van der Waals surface area contributed by atoms with Gasteiger partial charge in [0.15, 0.2) is 0 Å². The van der Waals surface area contributed by atoms with Gasteiger partial charge >= 0.3 is 0 Å². The summed E-state index contributed by atoms with van der Waals surface area (Å²) in [6, 6.07) is 13.1. The number of allylic oxidation sites excluding steroid dienone is 1. The van der Waals surface area contributed by atoms with Crippen molar-refractivity contribution in [3.8, 4) is 0 Å². The smallest absolute Gasteiger partial charge is 0.0632 e. The van der Waals surface area contributed by atoms with Gasteiger partial charge in [0, 0.05) is 6.20 Å². The predicted molar refractivity (Wildman–Crippen MR) is 104 cm³/mol. The highest BCUT2D eigenvalue weighted by Gasteiger charge is 2.38. The zero-order valence-electron chi connectivity index (χ0n) is 15.7. The fraction of sp³-hybridized carbons (Fsp3) is 0.435. The molecule has 1 heteroatoms. The van der Waals surface area contributed by atoms with Crippen molar-refractivity contribution in [3.63, 3.8) is 0 Å². The van der Waals surface area contributed by atoms with Crippen molar-refractivity contribution in [1.29, 1.82) is 0 Å². The Morgan fingerprint density at radius 2 is 1.88 bits per heavy atom. The number of hydrogen-bond donors (Lipinski definition) is 0. The average Bonchev–Trinajstić information content (AvgIpc) is 2.59. The minimum Gasteiger partial charge on any atom is -0.257 e. The van der Waals surface area contributed by atoms with Crippen molar-refractivity contribution >= 4 is 11.6 Å². The van der Waals surface area contributed by atoms with E-state index in [4.69, 9.17) is 0 Å². The lowest BCUT2D eigenvalue weighted by molar-refractivity contribution is 0.305. The largest absolute Gasteiger partial charge is 0.257 e. The third-order valence-corrected chi connectivity index (χ3v) is 5.99. The first-order valence-electron chi connectivity index (χ1n) is 9.10. The van der Waals surface area contributed by atoms with E-state index < -0.39 is 0 Å². The molecular formula is C23H29N. The number of fused-ring (bicyclic) bond motifs is 1. The van der Waals surface area contributed by atoms with E-state index in [1.165, 1.54) is 36.0 Å². The van der Waals surface area contributed by atoms with Gasteiger partial charge in [0.1, 0.15) is 0 Å². The zero-order chi connectivity index (χ0) is 17.4. The molecule has 0 spiro atoms. The number of nitrogens with zero attached hydrogens (tertiary/aromatic N) is 1. The SMILES string of the molecule is CCC1(C)CCC(C)(C)c2ccc(/C(C)=C/c3ccccn3)cc21. The van der Waals surface area contributed by atoms with E-state index in [0.29, 0.717) is 5.41 Å². The van der Waals surface area contributed by atoms with Gasteiger partial charge in [-0.05, 0) is 77.5 Å². The maximum Gasteiger partial charge on any atom is 0.0632 e. The van der Waals surface area contributed by atoms with E-state index >= 15 is 0 Å². The van der Waals surface area contributed by atoms with Crippen LogP contribution < -0.4 is 0 Å². The summed E-state index contributed by atoms with van der Waals surface area (Å²) < 4.78 is 0. The van der Waals surface area contributed by atoms with Crippen molar-refractivity contribution in [2.75, 3.05) is 0 Å². The van der Waals surface area contributed by atoms with Gasteiger partial charge in [-0.3, -0.25) is 4.98 Å². The monoisotopic (exact) mass is 319 g/mol. The molecule has 0 fully saturated rings. The summed E-state index contributed by atoms with van der Waals surface area (Å²) in [5.41, 5.74) is 7.27. The van der Waals surface area contributed by atoms with Crippen molar-refractivity contribution in [1.82, 2.24) is 4.98 Å². The quantitative estimate of drug-likeness (QED) is 0.639. The second-order valence-electron chi connectivity index (χ2n) is 8.14.